The fourth-order valence-corrected chi connectivity index (χ4v) is 7.67. The second kappa shape index (κ2) is 15.4. The predicted octanol–water partition coefficient (Wildman–Crippen LogP) is 11.9. The molecule has 3 aliphatic rings. The molecule has 7 aromatic rings. The number of hydrogen-bond donors (Lipinski definition) is 0. The van der Waals surface area contributed by atoms with Gasteiger partial charge in [0.05, 0.1) is 39.9 Å². The molecule has 5 aromatic carbocycles. The summed E-state index contributed by atoms with van der Waals surface area (Å²) in [5.74, 6) is 7.20. The molecule has 10 rings (SSSR count). The molecule has 58 heavy (non-hydrogen) atoms. The third-order valence-corrected chi connectivity index (χ3v) is 10.6. The van der Waals surface area contributed by atoms with Crippen LogP contribution >= 0.6 is 0 Å². The Bertz CT molecular complexity index is 3010. The molecule has 0 N–H and O–H groups in total. The van der Waals surface area contributed by atoms with E-state index in [0.717, 1.165) is 91.1 Å². The van der Waals surface area contributed by atoms with Crippen molar-refractivity contribution in [1.82, 2.24) is 15.0 Å². The number of nitrogens with zero attached hydrogens (tertiary/aromatic N) is 4. The number of aliphatic imine (C=N–C) groups is 1. The molecule has 0 spiro atoms. The molecule has 0 bridgehead atoms. The molecule has 0 radical (unpaired) electrons. The highest BCUT2D eigenvalue weighted by molar-refractivity contribution is 6.11. The Morgan fingerprint density at radius 2 is 1.45 bits per heavy atom. The first-order valence-corrected chi connectivity index (χ1v) is 19.5. The number of hydrogen-bond acceptors (Lipinski definition) is 4. The minimum atomic E-state index is -0.132. The molecule has 0 saturated heterocycles. The van der Waals surface area contributed by atoms with Crippen molar-refractivity contribution in [1.29, 1.82) is 0 Å². The summed E-state index contributed by atoms with van der Waals surface area (Å²) >= 11 is 0. The van der Waals surface area contributed by atoms with Crippen LogP contribution in [0.15, 0.2) is 186 Å². The van der Waals surface area contributed by atoms with Crippen molar-refractivity contribution in [3.63, 3.8) is 0 Å². The van der Waals surface area contributed by atoms with Gasteiger partial charge in [0.2, 0.25) is 0 Å². The lowest BCUT2D eigenvalue weighted by molar-refractivity contribution is 0.994. The molecule has 3 heterocycles. The van der Waals surface area contributed by atoms with E-state index in [4.69, 9.17) is 15.0 Å². The van der Waals surface area contributed by atoms with Gasteiger partial charge in [0.15, 0.2) is 5.82 Å². The Labute approximate surface area is 338 Å². The van der Waals surface area contributed by atoms with E-state index in [-0.39, 0.29) is 5.92 Å². The predicted molar refractivity (Wildman–Crippen MR) is 237 cm³/mol. The maximum Gasteiger partial charge on any atom is 0.160 e. The zero-order chi connectivity index (χ0) is 38.7. The summed E-state index contributed by atoms with van der Waals surface area (Å²) in [4.78, 5) is 19.9. The molecular weight excluding hydrogens is 705 g/mol. The van der Waals surface area contributed by atoms with Gasteiger partial charge in [-0.3, -0.25) is 9.98 Å². The van der Waals surface area contributed by atoms with E-state index in [0.29, 0.717) is 12.2 Å². The van der Waals surface area contributed by atoms with E-state index >= 15 is 0 Å². The normalized spacial score (nSPS) is 15.7. The molecule has 0 amide bonds. The quantitative estimate of drug-likeness (QED) is 0.121. The van der Waals surface area contributed by atoms with Gasteiger partial charge in [-0.05, 0) is 117 Å². The van der Waals surface area contributed by atoms with E-state index in [1.807, 2.05) is 42.6 Å². The third-order valence-electron chi connectivity index (χ3n) is 10.6. The Hall–Kier alpha value is -7.84. The minimum absolute atomic E-state index is 0.132. The van der Waals surface area contributed by atoms with Crippen LogP contribution in [0.1, 0.15) is 35.8 Å². The summed E-state index contributed by atoms with van der Waals surface area (Å²) in [6.45, 7) is 0.781. The average molecular weight is 739 g/mol. The Morgan fingerprint density at radius 3 is 2.31 bits per heavy atom. The van der Waals surface area contributed by atoms with Crippen molar-refractivity contribution >= 4 is 38.4 Å². The summed E-state index contributed by atoms with van der Waals surface area (Å²) in [7, 11) is 0. The van der Waals surface area contributed by atoms with Crippen LogP contribution in [-0.4, -0.2) is 27.2 Å². The highest BCUT2D eigenvalue weighted by atomic mass is 14.9. The molecule has 1 aliphatic heterocycles. The topological polar surface area (TPSA) is 51.0 Å². The summed E-state index contributed by atoms with van der Waals surface area (Å²) < 4.78 is 0. The fourth-order valence-electron chi connectivity index (χ4n) is 7.67. The highest BCUT2D eigenvalue weighted by Gasteiger charge is 2.18. The lowest BCUT2D eigenvalue weighted by Crippen LogP contribution is -2.04. The van der Waals surface area contributed by atoms with Crippen LogP contribution < -0.4 is 0 Å². The standard InChI is InChI=1S/C54H34N4/c1-2-16-40(26-25-39(15-1)50-23-7-9-31-55-50)52-36-53(42-29-27-41(28-30-42)51-24-8-10-32-56-51)58-54(57-52)45-34-43(48-21-11-17-37-13-3-5-19-46(37)48)33-44(35-45)49-22-12-18-38-14-4-6-20-47(38)49/h3-9,11,13-14,16-17,19-27,29,31,33-36,39H,2,10,32H2. The minimum Gasteiger partial charge on any atom is -0.284 e. The molecule has 0 fully saturated rings. The van der Waals surface area contributed by atoms with Gasteiger partial charge >= 0.3 is 0 Å². The van der Waals surface area contributed by atoms with Crippen molar-refractivity contribution in [3.8, 4) is 45.5 Å². The number of fused-ring (bicyclic) bond motifs is 2. The molecular formula is C54H34N4. The fraction of sp³-hybridized carbons (Fsp3) is 0.0741. The van der Waals surface area contributed by atoms with Crippen LogP contribution in [0.5, 0.6) is 0 Å². The van der Waals surface area contributed by atoms with E-state index in [9.17, 15) is 0 Å². The van der Waals surface area contributed by atoms with E-state index in [1.54, 1.807) is 0 Å². The Morgan fingerprint density at radius 1 is 0.655 bits per heavy atom. The van der Waals surface area contributed by atoms with Gasteiger partial charge in [-0.1, -0.05) is 126 Å². The van der Waals surface area contributed by atoms with Gasteiger partial charge < -0.3 is 0 Å². The first kappa shape index (κ1) is 34.6. The summed E-state index contributed by atoms with van der Waals surface area (Å²) in [5.41, 5.74) is 18.1. The van der Waals surface area contributed by atoms with Crippen molar-refractivity contribution < 1.29 is 0 Å². The Kier molecular flexibility index (Phi) is 9.17. The number of pyridine rings is 1. The maximum absolute atomic E-state index is 5.35. The van der Waals surface area contributed by atoms with E-state index in [1.165, 1.54) is 10.8 Å². The second-order valence-electron chi connectivity index (χ2n) is 14.3. The molecule has 1 unspecified atom stereocenters. The smallest absolute Gasteiger partial charge is 0.160 e. The van der Waals surface area contributed by atoms with Gasteiger partial charge in [0.25, 0.3) is 0 Å². The molecule has 1 atom stereocenters. The van der Waals surface area contributed by atoms with Crippen molar-refractivity contribution in [2.75, 3.05) is 6.54 Å². The van der Waals surface area contributed by atoms with Gasteiger partial charge in [-0.15, -0.1) is 0 Å². The van der Waals surface area contributed by atoms with Gasteiger partial charge in [-0.2, -0.15) is 0 Å². The lowest BCUT2D eigenvalue weighted by atomic mass is 9.91. The zero-order valence-electron chi connectivity index (χ0n) is 31.6. The molecule has 4 heteroatoms. The zero-order valence-corrected chi connectivity index (χ0v) is 31.6. The number of rotatable bonds is 7. The van der Waals surface area contributed by atoms with Crippen LogP contribution in [0, 0.1) is 24.0 Å². The average Bonchev–Trinajstić information content (AvgIpc) is 3.29. The summed E-state index contributed by atoms with van der Waals surface area (Å²) in [6.07, 6.45) is 18.0. The van der Waals surface area contributed by atoms with Crippen molar-refractivity contribution in [3.05, 3.63) is 210 Å². The van der Waals surface area contributed by atoms with Crippen LogP contribution in [0.3, 0.4) is 0 Å². The van der Waals surface area contributed by atoms with Crippen LogP contribution in [-0.2, 0) is 0 Å². The maximum atomic E-state index is 5.35. The van der Waals surface area contributed by atoms with E-state index in [2.05, 4.69) is 162 Å². The van der Waals surface area contributed by atoms with E-state index < -0.39 is 0 Å². The van der Waals surface area contributed by atoms with Gasteiger partial charge in [0.1, 0.15) is 0 Å². The highest BCUT2D eigenvalue weighted by Crippen LogP contribution is 2.38. The first-order chi connectivity index (χ1) is 28.7. The van der Waals surface area contributed by atoms with Crippen LogP contribution in [0.2, 0.25) is 0 Å². The summed E-state index contributed by atoms with van der Waals surface area (Å²) in [6, 6.07) is 46.6. The largest absolute Gasteiger partial charge is 0.284 e. The molecule has 2 aromatic heterocycles. The molecule has 2 aliphatic carbocycles. The monoisotopic (exact) mass is 738 g/mol. The summed E-state index contributed by atoms with van der Waals surface area (Å²) in [5, 5.41) is 4.48. The second-order valence-corrected chi connectivity index (χ2v) is 14.3. The SMILES string of the molecule is C1=C=C(c2cc(C3=CCC#CC(c4ccccn4)C=C3)nc(-c3cc(-c4cc#cc5ccccc45)cc(-c4cccc5ccccc45)c3)n2)C=CC=1C1=NCCC=C1. The molecule has 270 valence electrons. The van der Waals surface area contributed by atoms with Crippen molar-refractivity contribution in [2.24, 2.45) is 4.99 Å². The van der Waals surface area contributed by atoms with Crippen LogP contribution in [0.4, 0.5) is 0 Å². The lowest BCUT2D eigenvalue weighted by Gasteiger charge is -2.15. The van der Waals surface area contributed by atoms with Crippen LogP contribution in [0.25, 0.3) is 66.3 Å². The third kappa shape index (κ3) is 6.95. The number of allylic oxidation sites excluding steroid dienone is 9. The van der Waals surface area contributed by atoms with Gasteiger partial charge in [0, 0.05) is 30.1 Å². The first-order valence-electron chi connectivity index (χ1n) is 19.5. The molecule has 4 nitrogen and oxygen atoms in total. The van der Waals surface area contributed by atoms with Crippen molar-refractivity contribution in [2.45, 2.75) is 18.8 Å². The number of aromatic nitrogens is 3. The number of benzene rings is 4. The number of dihydropyridines is 1. The van der Waals surface area contributed by atoms with Gasteiger partial charge in [-0.25, -0.2) is 9.97 Å². The molecule has 0 saturated carbocycles. The Balaban J connectivity index is 1.18.